The number of thioether (sulfide) groups is 1. The molecule has 0 aliphatic carbocycles. The van der Waals surface area contributed by atoms with Crippen LogP contribution in [-0.4, -0.2) is 46.0 Å². The zero-order chi connectivity index (χ0) is 14.5. The highest BCUT2D eigenvalue weighted by atomic mass is 32.2. The second-order valence-electron chi connectivity index (χ2n) is 4.72. The molecule has 1 aliphatic rings. The van der Waals surface area contributed by atoms with Crippen LogP contribution in [0.25, 0.3) is 0 Å². The topological polar surface area (TPSA) is 57.6 Å². The van der Waals surface area contributed by atoms with Crippen molar-refractivity contribution >= 4 is 23.6 Å². The predicted molar refractivity (Wildman–Crippen MR) is 75.2 cm³/mol. The Morgan fingerprint density at radius 2 is 2.25 bits per heavy atom. The second kappa shape index (κ2) is 6.74. The molecule has 108 valence electrons. The molecular weight excluding hydrogens is 281 g/mol. The maximum atomic E-state index is 13.1. The normalized spacial score (nSPS) is 18.9. The first-order chi connectivity index (χ1) is 9.56. The monoisotopic (exact) mass is 297 g/mol. The van der Waals surface area contributed by atoms with Crippen LogP contribution in [0.2, 0.25) is 0 Å². The minimum atomic E-state index is -0.902. The summed E-state index contributed by atoms with van der Waals surface area (Å²) < 4.78 is 13.1. The van der Waals surface area contributed by atoms with Crippen LogP contribution in [0.15, 0.2) is 24.3 Å². The molecule has 1 aromatic carbocycles. The molecule has 1 aromatic rings. The summed E-state index contributed by atoms with van der Waals surface area (Å²) in [6.45, 7) is 0.552. The Bertz CT molecular complexity index is 509. The van der Waals surface area contributed by atoms with E-state index in [1.54, 1.807) is 28.8 Å². The average molecular weight is 297 g/mol. The van der Waals surface area contributed by atoms with E-state index < -0.39 is 5.97 Å². The number of aliphatic carboxylic acids is 1. The lowest BCUT2D eigenvalue weighted by Crippen LogP contribution is -2.47. The smallest absolute Gasteiger partial charge is 0.305 e. The Labute approximate surface area is 121 Å². The molecule has 1 saturated heterocycles. The first-order valence-corrected chi connectivity index (χ1v) is 7.55. The number of carboxylic acids is 1. The van der Waals surface area contributed by atoms with Crippen molar-refractivity contribution < 1.29 is 19.1 Å². The van der Waals surface area contributed by atoms with Crippen LogP contribution >= 0.6 is 11.8 Å². The van der Waals surface area contributed by atoms with Gasteiger partial charge in [0.1, 0.15) is 5.82 Å². The number of rotatable bonds is 4. The van der Waals surface area contributed by atoms with Gasteiger partial charge in [-0.2, -0.15) is 11.8 Å². The minimum Gasteiger partial charge on any atom is -0.481 e. The molecule has 1 aliphatic heterocycles. The fraction of sp³-hybridized carbons (Fsp3) is 0.429. The van der Waals surface area contributed by atoms with E-state index in [2.05, 4.69) is 0 Å². The van der Waals surface area contributed by atoms with E-state index in [1.165, 1.54) is 12.1 Å². The quantitative estimate of drug-likeness (QED) is 0.920. The maximum absolute atomic E-state index is 13.1. The number of carboxylic acid groups (broad SMARTS) is 1. The third-order valence-electron chi connectivity index (χ3n) is 3.20. The van der Waals surface area contributed by atoms with Gasteiger partial charge in [0.05, 0.1) is 18.9 Å². The molecule has 6 heteroatoms. The van der Waals surface area contributed by atoms with Crippen molar-refractivity contribution in [3.8, 4) is 0 Å². The van der Waals surface area contributed by atoms with Gasteiger partial charge in [-0.05, 0) is 17.7 Å². The fourth-order valence-electron chi connectivity index (χ4n) is 2.28. The van der Waals surface area contributed by atoms with E-state index in [-0.39, 0.29) is 30.6 Å². The molecule has 0 spiro atoms. The number of benzene rings is 1. The van der Waals surface area contributed by atoms with Crippen LogP contribution in [0, 0.1) is 5.82 Å². The summed E-state index contributed by atoms with van der Waals surface area (Å²) in [7, 11) is 0. The van der Waals surface area contributed by atoms with E-state index >= 15 is 0 Å². The molecule has 1 fully saturated rings. The molecule has 1 atom stereocenters. The third-order valence-corrected chi connectivity index (χ3v) is 4.29. The molecule has 0 saturated carbocycles. The van der Waals surface area contributed by atoms with Crippen molar-refractivity contribution in [3.05, 3.63) is 35.6 Å². The van der Waals surface area contributed by atoms with Gasteiger partial charge in [-0.25, -0.2) is 4.39 Å². The maximum Gasteiger partial charge on any atom is 0.305 e. The second-order valence-corrected chi connectivity index (χ2v) is 5.87. The van der Waals surface area contributed by atoms with Crippen LogP contribution in [0.4, 0.5) is 4.39 Å². The molecule has 2 rings (SSSR count). The third kappa shape index (κ3) is 3.96. The van der Waals surface area contributed by atoms with Crippen LogP contribution in [0.5, 0.6) is 0 Å². The number of hydrogen-bond acceptors (Lipinski definition) is 3. The molecule has 0 aromatic heterocycles. The van der Waals surface area contributed by atoms with Crippen molar-refractivity contribution in [2.75, 3.05) is 18.1 Å². The van der Waals surface area contributed by atoms with Crippen LogP contribution in [0.1, 0.15) is 12.0 Å². The van der Waals surface area contributed by atoms with Gasteiger partial charge in [0.25, 0.3) is 0 Å². The Kier molecular flexibility index (Phi) is 5.00. The van der Waals surface area contributed by atoms with Gasteiger partial charge in [-0.1, -0.05) is 12.1 Å². The summed E-state index contributed by atoms with van der Waals surface area (Å²) in [6.07, 6.45) is 0.0699. The van der Waals surface area contributed by atoms with Crippen molar-refractivity contribution in [2.45, 2.75) is 18.9 Å². The molecule has 0 radical (unpaired) electrons. The largest absolute Gasteiger partial charge is 0.481 e. The number of amides is 1. The number of carbonyl (C=O) groups is 2. The average Bonchev–Trinajstić information content (AvgIpc) is 2.38. The molecule has 0 bridgehead atoms. The molecule has 20 heavy (non-hydrogen) atoms. The van der Waals surface area contributed by atoms with Gasteiger partial charge in [-0.15, -0.1) is 0 Å². The molecular formula is C14H16FNO3S. The summed E-state index contributed by atoms with van der Waals surface area (Å²) in [6, 6.07) is 5.67. The summed E-state index contributed by atoms with van der Waals surface area (Å²) in [4.78, 5) is 24.7. The number of hydrogen-bond donors (Lipinski definition) is 1. The van der Waals surface area contributed by atoms with Gasteiger partial charge in [0, 0.05) is 18.1 Å². The lowest BCUT2D eigenvalue weighted by atomic mass is 10.1. The van der Waals surface area contributed by atoms with Gasteiger partial charge < -0.3 is 10.0 Å². The molecule has 1 amide bonds. The Morgan fingerprint density at radius 1 is 1.45 bits per heavy atom. The van der Waals surface area contributed by atoms with Crippen molar-refractivity contribution in [3.63, 3.8) is 0 Å². The van der Waals surface area contributed by atoms with Crippen molar-refractivity contribution in [2.24, 2.45) is 0 Å². The lowest BCUT2D eigenvalue weighted by Gasteiger charge is -2.34. The summed E-state index contributed by atoms with van der Waals surface area (Å²) in [5.41, 5.74) is 0.613. The van der Waals surface area contributed by atoms with Gasteiger partial charge in [0.15, 0.2) is 0 Å². The molecule has 1 heterocycles. The van der Waals surface area contributed by atoms with Crippen LogP contribution in [-0.2, 0) is 16.0 Å². The number of carbonyl (C=O) groups excluding carboxylic acids is 1. The molecule has 1 N–H and O–H groups in total. The zero-order valence-electron chi connectivity index (χ0n) is 10.9. The molecule has 4 nitrogen and oxygen atoms in total. The highest BCUT2D eigenvalue weighted by Crippen LogP contribution is 2.20. The fourth-order valence-corrected chi connectivity index (χ4v) is 3.34. The van der Waals surface area contributed by atoms with E-state index in [1.807, 2.05) is 0 Å². The highest BCUT2D eigenvalue weighted by molar-refractivity contribution is 7.99. The van der Waals surface area contributed by atoms with Gasteiger partial charge in [-0.3, -0.25) is 9.59 Å². The SMILES string of the molecule is O=C(O)CC1CSCCN1C(=O)Cc1cccc(F)c1. The van der Waals surface area contributed by atoms with E-state index in [9.17, 15) is 14.0 Å². The van der Waals surface area contributed by atoms with Crippen molar-refractivity contribution in [1.29, 1.82) is 0 Å². The van der Waals surface area contributed by atoms with E-state index in [4.69, 9.17) is 5.11 Å². The number of nitrogens with zero attached hydrogens (tertiary/aromatic N) is 1. The Balaban J connectivity index is 2.04. The first-order valence-electron chi connectivity index (χ1n) is 6.39. The predicted octanol–water partition coefficient (Wildman–Crippen LogP) is 1.79. The Morgan fingerprint density at radius 3 is 2.95 bits per heavy atom. The highest BCUT2D eigenvalue weighted by Gasteiger charge is 2.28. The summed E-state index contributed by atoms with van der Waals surface area (Å²) in [5.74, 6) is 0.0430. The van der Waals surface area contributed by atoms with Crippen molar-refractivity contribution in [1.82, 2.24) is 4.90 Å². The Hall–Kier alpha value is -1.56. The molecule has 1 unspecified atom stereocenters. The zero-order valence-corrected chi connectivity index (χ0v) is 11.7. The van der Waals surface area contributed by atoms with Crippen LogP contribution in [0.3, 0.4) is 0 Å². The van der Waals surface area contributed by atoms with E-state index in [0.717, 1.165) is 5.75 Å². The van der Waals surface area contributed by atoms with Gasteiger partial charge >= 0.3 is 5.97 Å². The van der Waals surface area contributed by atoms with E-state index in [0.29, 0.717) is 17.9 Å². The van der Waals surface area contributed by atoms with Crippen LogP contribution < -0.4 is 0 Å². The summed E-state index contributed by atoms with van der Waals surface area (Å²) in [5, 5.41) is 8.89. The minimum absolute atomic E-state index is 0.0398. The first kappa shape index (κ1) is 14.8. The lowest BCUT2D eigenvalue weighted by molar-refractivity contribution is -0.140. The van der Waals surface area contributed by atoms with Gasteiger partial charge in [0.2, 0.25) is 5.91 Å². The summed E-state index contributed by atoms with van der Waals surface area (Å²) >= 11 is 1.66. The number of halogens is 1. The standard InChI is InChI=1S/C14H16FNO3S/c15-11-3-1-2-10(6-11)7-13(17)16-4-5-20-9-12(16)8-14(18)19/h1-3,6,12H,4-5,7-9H2,(H,18,19).